The number of hydrogen-bond donors (Lipinski definition) is 2. The molecule has 0 spiro atoms. The smallest absolute Gasteiger partial charge is 0.336 e. The predicted molar refractivity (Wildman–Crippen MR) is 78.5 cm³/mol. The van der Waals surface area contributed by atoms with Crippen molar-refractivity contribution in [2.24, 2.45) is 0 Å². The number of carbonyl (C=O) groups is 1. The molecule has 0 bridgehead atoms. The number of aromatic carboxylic acids is 1. The van der Waals surface area contributed by atoms with Crippen LogP contribution in [0.15, 0.2) is 24.4 Å². The number of carboxylic acid groups (broad SMARTS) is 1. The number of anilines is 1. The summed E-state index contributed by atoms with van der Waals surface area (Å²) in [5, 5.41) is 9.22. The maximum Gasteiger partial charge on any atom is 0.336 e. The summed E-state index contributed by atoms with van der Waals surface area (Å²) in [5.74, 6) is -1.75. The van der Waals surface area contributed by atoms with Gasteiger partial charge in [-0.05, 0) is 47.7 Å². The molecule has 0 saturated carbocycles. The first-order valence-electron chi connectivity index (χ1n) is 5.35. The van der Waals surface area contributed by atoms with Crippen LogP contribution in [0.3, 0.4) is 0 Å². The molecule has 98 valence electrons. The normalized spacial score (nSPS) is 10.5. The highest BCUT2D eigenvalue weighted by Crippen LogP contribution is 2.33. The lowest BCUT2D eigenvalue weighted by molar-refractivity contribution is 0.0697. The quantitative estimate of drug-likeness (QED) is 0.628. The number of pyridine rings is 1. The van der Waals surface area contributed by atoms with Gasteiger partial charge in [-0.1, -0.05) is 0 Å². The van der Waals surface area contributed by atoms with Crippen LogP contribution in [0.4, 0.5) is 10.1 Å². The highest BCUT2D eigenvalue weighted by Gasteiger charge is 2.19. The van der Waals surface area contributed by atoms with Crippen molar-refractivity contribution < 1.29 is 14.3 Å². The number of nitrogen functional groups attached to an aromatic ring is 1. The van der Waals surface area contributed by atoms with Gasteiger partial charge in [-0.25, -0.2) is 9.18 Å². The SMILES string of the molecule is Cc1cc(C(=O)O)c(-c2c(I)ccc(N)c2F)cn1. The summed E-state index contributed by atoms with van der Waals surface area (Å²) in [5.41, 5.74) is 6.48. The summed E-state index contributed by atoms with van der Waals surface area (Å²) in [6.45, 7) is 1.68. The standard InChI is InChI=1S/C13H10FIN2O2/c1-6-4-7(13(18)19)8(5-17-6)11-9(15)2-3-10(16)12(11)14/h2-5H,16H2,1H3,(H,18,19). The summed E-state index contributed by atoms with van der Waals surface area (Å²) in [6, 6.07) is 4.50. The fraction of sp³-hybridized carbons (Fsp3) is 0.0769. The van der Waals surface area contributed by atoms with Crippen LogP contribution in [0.1, 0.15) is 16.1 Å². The number of hydrogen-bond acceptors (Lipinski definition) is 3. The van der Waals surface area contributed by atoms with Gasteiger partial charge in [0.05, 0.1) is 11.3 Å². The number of carboxylic acids is 1. The molecular formula is C13H10FIN2O2. The zero-order chi connectivity index (χ0) is 14.2. The molecule has 2 rings (SSSR count). The van der Waals surface area contributed by atoms with E-state index in [1.54, 1.807) is 13.0 Å². The second kappa shape index (κ2) is 5.12. The number of rotatable bonds is 2. The largest absolute Gasteiger partial charge is 0.478 e. The van der Waals surface area contributed by atoms with E-state index in [4.69, 9.17) is 5.73 Å². The van der Waals surface area contributed by atoms with Crippen LogP contribution in [0.2, 0.25) is 0 Å². The van der Waals surface area contributed by atoms with Crippen LogP contribution in [-0.2, 0) is 0 Å². The van der Waals surface area contributed by atoms with Crippen molar-refractivity contribution in [3.8, 4) is 11.1 Å². The molecule has 0 aliphatic rings. The van der Waals surface area contributed by atoms with Crippen molar-refractivity contribution in [3.05, 3.63) is 45.0 Å². The van der Waals surface area contributed by atoms with Crippen molar-refractivity contribution in [3.63, 3.8) is 0 Å². The Morgan fingerprint density at radius 1 is 1.47 bits per heavy atom. The molecule has 1 aromatic heterocycles. The Bertz CT molecular complexity index is 674. The Labute approximate surface area is 122 Å². The first-order chi connectivity index (χ1) is 8.91. The molecule has 0 aliphatic heterocycles. The average Bonchev–Trinajstić information content (AvgIpc) is 2.36. The van der Waals surface area contributed by atoms with Crippen LogP contribution >= 0.6 is 22.6 Å². The van der Waals surface area contributed by atoms with Crippen molar-refractivity contribution in [2.75, 3.05) is 5.73 Å². The molecule has 3 N–H and O–H groups in total. The molecule has 1 heterocycles. The lowest BCUT2D eigenvalue weighted by Crippen LogP contribution is -2.04. The van der Waals surface area contributed by atoms with Gasteiger partial charge < -0.3 is 10.8 Å². The van der Waals surface area contributed by atoms with E-state index in [0.29, 0.717) is 9.26 Å². The monoisotopic (exact) mass is 372 g/mol. The van der Waals surface area contributed by atoms with Gasteiger partial charge in [0.2, 0.25) is 0 Å². The van der Waals surface area contributed by atoms with Crippen LogP contribution in [0, 0.1) is 16.3 Å². The van der Waals surface area contributed by atoms with Gasteiger partial charge in [-0.3, -0.25) is 4.98 Å². The molecule has 2 aromatic rings. The number of benzene rings is 1. The van der Waals surface area contributed by atoms with Gasteiger partial charge in [-0.15, -0.1) is 0 Å². The molecule has 6 heteroatoms. The van der Waals surface area contributed by atoms with Crippen molar-refractivity contribution >= 4 is 34.2 Å². The summed E-state index contributed by atoms with van der Waals surface area (Å²) in [7, 11) is 0. The highest BCUT2D eigenvalue weighted by atomic mass is 127. The van der Waals surface area contributed by atoms with E-state index in [-0.39, 0.29) is 22.4 Å². The molecule has 0 amide bonds. The predicted octanol–water partition coefficient (Wildman–Crippen LogP) is 3.08. The van der Waals surface area contributed by atoms with Gasteiger partial charge in [-0.2, -0.15) is 0 Å². The van der Waals surface area contributed by atoms with E-state index in [2.05, 4.69) is 4.98 Å². The molecule has 0 saturated heterocycles. The Balaban J connectivity index is 2.79. The van der Waals surface area contributed by atoms with E-state index in [1.165, 1.54) is 18.3 Å². The topological polar surface area (TPSA) is 76.2 Å². The van der Waals surface area contributed by atoms with Gasteiger partial charge in [0.1, 0.15) is 0 Å². The maximum atomic E-state index is 14.1. The first-order valence-corrected chi connectivity index (χ1v) is 6.43. The van der Waals surface area contributed by atoms with Gasteiger partial charge in [0.25, 0.3) is 0 Å². The van der Waals surface area contributed by atoms with Crippen molar-refractivity contribution in [1.29, 1.82) is 0 Å². The van der Waals surface area contributed by atoms with E-state index >= 15 is 0 Å². The van der Waals surface area contributed by atoms with Crippen LogP contribution in [-0.4, -0.2) is 16.1 Å². The summed E-state index contributed by atoms with van der Waals surface area (Å²) < 4.78 is 14.7. The third kappa shape index (κ3) is 2.53. The molecule has 0 unspecified atom stereocenters. The van der Waals surface area contributed by atoms with E-state index in [1.807, 2.05) is 22.6 Å². The Kier molecular flexibility index (Phi) is 3.70. The number of halogens is 2. The van der Waals surface area contributed by atoms with E-state index < -0.39 is 11.8 Å². The third-order valence-corrected chi connectivity index (χ3v) is 3.56. The zero-order valence-corrected chi connectivity index (χ0v) is 12.1. The summed E-state index contributed by atoms with van der Waals surface area (Å²) in [4.78, 5) is 15.3. The minimum absolute atomic E-state index is 0.00918. The molecule has 0 fully saturated rings. The number of nitrogens with two attached hydrogens (primary N) is 1. The zero-order valence-electron chi connectivity index (χ0n) is 9.95. The number of nitrogens with zero attached hydrogens (tertiary/aromatic N) is 1. The Morgan fingerprint density at radius 3 is 2.79 bits per heavy atom. The molecule has 19 heavy (non-hydrogen) atoms. The third-order valence-electron chi connectivity index (χ3n) is 2.66. The second-order valence-electron chi connectivity index (χ2n) is 4.00. The van der Waals surface area contributed by atoms with Crippen LogP contribution in [0.25, 0.3) is 11.1 Å². The molecule has 0 atom stereocenters. The molecule has 0 aliphatic carbocycles. The van der Waals surface area contributed by atoms with Gasteiger partial charge in [0, 0.05) is 26.6 Å². The fourth-order valence-corrected chi connectivity index (χ4v) is 2.46. The average molecular weight is 372 g/mol. The van der Waals surface area contributed by atoms with Crippen molar-refractivity contribution in [2.45, 2.75) is 6.92 Å². The molecule has 1 aromatic carbocycles. The Hall–Kier alpha value is -1.70. The fourth-order valence-electron chi connectivity index (χ4n) is 1.75. The highest BCUT2D eigenvalue weighted by molar-refractivity contribution is 14.1. The lowest BCUT2D eigenvalue weighted by Gasteiger charge is -2.11. The maximum absolute atomic E-state index is 14.1. The van der Waals surface area contributed by atoms with Crippen LogP contribution in [0.5, 0.6) is 0 Å². The van der Waals surface area contributed by atoms with Gasteiger partial charge in [0.15, 0.2) is 5.82 Å². The summed E-state index contributed by atoms with van der Waals surface area (Å²) >= 11 is 1.94. The molecular weight excluding hydrogens is 362 g/mol. The minimum atomic E-state index is -1.13. The first kappa shape index (κ1) is 13.7. The number of aryl methyl sites for hydroxylation is 1. The lowest BCUT2D eigenvalue weighted by atomic mass is 10.00. The van der Waals surface area contributed by atoms with Crippen LogP contribution < -0.4 is 5.73 Å². The number of aromatic nitrogens is 1. The van der Waals surface area contributed by atoms with E-state index in [0.717, 1.165) is 0 Å². The summed E-state index contributed by atoms with van der Waals surface area (Å²) in [6.07, 6.45) is 1.36. The second-order valence-corrected chi connectivity index (χ2v) is 5.16. The molecule has 4 nitrogen and oxygen atoms in total. The molecule has 0 radical (unpaired) electrons. The van der Waals surface area contributed by atoms with Gasteiger partial charge >= 0.3 is 5.97 Å². The minimum Gasteiger partial charge on any atom is -0.478 e. The van der Waals surface area contributed by atoms with Crippen molar-refractivity contribution in [1.82, 2.24) is 4.98 Å². The Morgan fingerprint density at radius 2 is 2.16 bits per heavy atom. The van der Waals surface area contributed by atoms with E-state index in [9.17, 15) is 14.3 Å².